The summed E-state index contributed by atoms with van der Waals surface area (Å²) in [6.07, 6.45) is -0.0936. The molecule has 0 saturated carbocycles. The van der Waals surface area contributed by atoms with Crippen LogP contribution in [0.1, 0.15) is 33.0 Å². The van der Waals surface area contributed by atoms with Crippen molar-refractivity contribution in [3.05, 3.63) is 101 Å². The number of methoxy groups -OCH3 is 1. The number of aliphatic hydroxyl groups is 1. The quantitative estimate of drug-likeness (QED) is 0.449. The molecule has 0 aliphatic rings. The first-order valence-corrected chi connectivity index (χ1v) is 10.0. The van der Waals surface area contributed by atoms with E-state index >= 15 is 0 Å². The second kappa shape index (κ2) is 12.1. The van der Waals surface area contributed by atoms with Crippen molar-refractivity contribution in [2.24, 2.45) is 5.73 Å². The highest BCUT2D eigenvalue weighted by molar-refractivity contribution is 5.94. The maximum absolute atomic E-state index is 12.0. The molecule has 0 aromatic heterocycles. The normalized spacial score (nSPS) is 12.5. The van der Waals surface area contributed by atoms with Gasteiger partial charge in [0.2, 0.25) is 5.91 Å². The molecule has 2 atom stereocenters. The van der Waals surface area contributed by atoms with Crippen LogP contribution in [0.15, 0.2) is 78.9 Å². The van der Waals surface area contributed by atoms with E-state index in [0.29, 0.717) is 25.1 Å². The molecule has 0 aliphatic carbocycles. The minimum Gasteiger partial charge on any atom is -0.497 e. The Balaban J connectivity index is 0.00000341. The van der Waals surface area contributed by atoms with E-state index < -0.39 is 12.0 Å². The standard InChI is InChI=1S/C25H28N2O3.ClH/c1-30-20-11-7-10-19(14-20)16-27-17-24(28)23(15-18-8-3-2-4-9-18)21-12-5-6-13-22(21)25(26)29;/h2-14,23-24,27-28H,15-17H2,1H3,(H2,26,29);1H/t23-,24-;/m0./s1. The average molecular weight is 441 g/mol. The highest BCUT2D eigenvalue weighted by Crippen LogP contribution is 2.27. The van der Waals surface area contributed by atoms with Crippen molar-refractivity contribution in [3.63, 3.8) is 0 Å². The number of carbonyl (C=O) groups is 1. The van der Waals surface area contributed by atoms with E-state index in [1.54, 1.807) is 19.2 Å². The summed E-state index contributed by atoms with van der Waals surface area (Å²) in [6.45, 7) is 0.978. The first kappa shape index (κ1) is 24.4. The fourth-order valence-electron chi connectivity index (χ4n) is 3.66. The molecule has 5 nitrogen and oxygen atoms in total. The summed E-state index contributed by atoms with van der Waals surface area (Å²) in [5.74, 6) is 0.0429. The van der Waals surface area contributed by atoms with Gasteiger partial charge in [0.25, 0.3) is 0 Å². The predicted octanol–water partition coefficient (Wildman–Crippen LogP) is 3.69. The third kappa shape index (κ3) is 6.82. The third-order valence-electron chi connectivity index (χ3n) is 5.21. The number of hydrogen-bond donors (Lipinski definition) is 3. The van der Waals surface area contributed by atoms with E-state index in [4.69, 9.17) is 10.5 Å². The van der Waals surface area contributed by atoms with Gasteiger partial charge in [-0.05, 0) is 41.3 Å². The summed E-state index contributed by atoms with van der Waals surface area (Å²) in [5, 5.41) is 14.4. The van der Waals surface area contributed by atoms with Gasteiger partial charge in [-0.2, -0.15) is 0 Å². The van der Waals surface area contributed by atoms with Crippen LogP contribution in [-0.4, -0.2) is 30.8 Å². The summed E-state index contributed by atoms with van der Waals surface area (Å²) >= 11 is 0. The number of aliphatic hydroxyl groups excluding tert-OH is 1. The molecule has 0 unspecified atom stereocenters. The molecule has 3 rings (SSSR count). The van der Waals surface area contributed by atoms with Gasteiger partial charge < -0.3 is 20.9 Å². The maximum atomic E-state index is 12.0. The summed E-state index contributed by atoms with van der Waals surface area (Å²) in [6, 6.07) is 25.0. The van der Waals surface area contributed by atoms with Gasteiger partial charge in [-0.3, -0.25) is 4.79 Å². The molecule has 31 heavy (non-hydrogen) atoms. The Morgan fingerprint density at radius 2 is 1.68 bits per heavy atom. The Kier molecular flexibility index (Phi) is 9.53. The lowest BCUT2D eigenvalue weighted by atomic mass is 9.84. The largest absolute Gasteiger partial charge is 0.497 e. The minimum atomic E-state index is -0.698. The molecule has 164 valence electrons. The molecule has 0 heterocycles. The van der Waals surface area contributed by atoms with Crippen molar-refractivity contribution in [1.82, 2.24) is 5.32 Å². The zero-order chi connectivity index (χ0) is 21.3. The van der Waals surface area contributed by atoms with Gasteiger partial charge in [0.15, 0.2) is 0 Å². The van der Waals surface area contributed by atoms with E-state index in [2.05, 4.69) is 5.32 Å². The Labute approximate surface area is 189 Å². The fourth-order valence-corrected chi connectivity index (χ4v) is 3.66. The van der Waals surface area contributed by atoms with Crippen LogP contribution in [-0.2, 0) is 13.0 Å². The summed E-state index contributed by atoms with van der Waals surface area (Å²) in [5.41, 5.74) is 8.98. The van der Waals surface area contributed by atoms with Gasteiger partial charge in [0.05, 0.1) is 13.2 Å². The summed E-state index contributed by atoms with van der Waals surface area (Å²) in [4.78, 5) is 12.0. The zero-order valence-corrected chi connectivity index (χ0v) is 18.3. The van der Waals surface area contributed by atoms with Crippen molar-refractivity contribution in [2.45, 2.75) is 25.0 Å². The highest BCUT2D eigenvalue weighted by atomic mass is 35.5. The molecule has 4 N–H and O–H groups in total. The van der Waals surface area contributed by atoms with Crippen LogP contribution in [0.25, 0.3) is 0 Å². The molecule has 0 saturated heterocycles. The Morgan fingerprint density at radius 3 is 2.39 bits per heavy atom. The second-order valence-corrected chi connectivity index (χ2v) is 7.30. The summed E-state index contributed by atoms with van der Waals surface area (Å²) in [7, 11) is 1.64. The van der Waals surface area contributed by atoms with Crippen molar-refractivity contribution >= 4 is 18.3 Å². The molecule has 6 heteroatoms. The minimum absolute atomic E-state index is 0. The molecule has 0 bridgehead atoms. The van der Waals surface area contributed by atoms with Crippen molar-refractivity contribution < 1.29 is 14.6 Å². The number of primary amides is 1. The average Bonchev–Trinajstić information content (AvgIpc) is 2.78. The number of halogens is 1. The van der Waals surface area contributed by atoms with Gasteiger partial charge in [-0.15, -0.1) is 12.4 Å². The summed E-state index contributed by atoms with van der Waals surface area (Å²) < 4.78 is 5.26. The number of amides is 1. The topological polar surface area (TPSA) is 84.6 Å². The third-order valence-corrected chi connectivity index (χ3v) is 5.21. The van der Waals surface area contributed by atoms with Crippen LogP contribution < -0.4 is 15.8 Å². The Morgan fingerprint density at radius 1 is 1.00 bits per heavy atom. The maximum Gasteiger partial charge on any atom is 0.248 e. The zero-order valence-electron chi connectivity index (χ0n) is 17.5. The van der Waals surface area contributed by atoms with E-state index in [9.17, 15) is 9.90 Å². The van der Waals surface area contributed by atoms with Gasteiger partial charge in [-0.25, -0.2) is 0 Å². The van der Waals surface area contributed by atoms with E-state index in [0.717, 1.165) is 22.4 Å². The molecule has 1 amide bonds. The predicted molar refractivity (Wildman–Crippen MR) is 126 cm³/mol. The van der Waals surface area contributed by atoms with Crippen LogP contribution in [0.2, 0.25) is 0 Å². The first-order valence-electron chi connectivity index (χ1n) is 10.0. The number of rotatable bonds is 10. The van der Waals surface area contributed by atoms with E-state index in [1.807, 2.05) is 66.7 Å². The lowest BCUT2D eigenvalue weighted by molar-refractivity contribution is 0.0995. The van der Waals surface area contributed by atoms with Gasteiger partial charge in [0, 0.05) is 24.6 Å². The van der Waals surface area contributed by atoms with Crippen LogP contribution in [0.5, 0.6) is 5.75 Å². The Bertz CT molecular complexity index is 966. The first-order chi connectivity index (χ1) is 14.6. The molecule has 0 radical (unpaired) electrons. The van der Waals surface area contributed by atoms with Crippen molar-refractivity contribution in [2.75, 3.05) is 13.7 Å². The van der Waals surface area contributed by atoms with Gasteiger partial charge in [-0.1, -0.05) is 60.7 Å². The van der Waals surface area contributed by atoms with Crippen molar-refractivity contribution in [1.29, 1.82) is 0 Å². The number of carbonyl (C=O) groups excluding carboxylic acids is 1. The number of hydrogen-bond acceptors (Lipinski definition) is 4. The molecular formula is C25H29ClN2O3. The number of ether oxygens (including phenoxy) is 1. The van der Waals surface area contributed by atoms with Crippen LogP contribution in [0.4, 0.5) is 0 Å². The van der Waals surface area contributed by atoms with Crippen LogP contribution >= 0.6 is 12.4 Å². The molecule has 3 aromatic rings. The monoisotopic (exact) mass is 440 g/mol. The lowest BCUT2D eigenvalue weighted by Gasteiger charge is -2.25. The molecule has 3 aromatic carbocycles. The molecule has 0 fully saturated rings. The fraction of sp³-hybridized carbons (Fsp3) is 0.240. The number of nitrogens with two attached hydrogens (primary N) is 1. The molecule has 0 aliphatic heterocycles. The second-order valence-electron chi connectivity index (χ2n) is 7.30. The SMILES string of the molecule is COc1cccc(CNC[C@H](O)[C@@H](Cc2ccccc2)c2ccccc2C(N)=O)c1.Cl. The number of benzene rings is 3. The molecule has 0 spiro atoms. The molecular weight excluding hydrogens is 412 g/mol. The van der Waals surface area contributed by atoms with Gasteiger partial charge >= 0.3 is 0 Å². The smallest absolute Gasteiger partial charge is 0.248 e. The van der Waals surface area contributed by atoms with Crippen LogP contribution in [0.3, 0.4) is 0 Å². The van der Waals surface area contributed by atoms with Gasteiger partial charge in [0.1, 0.15) is 5.75 Å². The van der Waals surface area contributed by atoms with E-state index in [1.165, 1.54) is 0 Å². The lowest BCUT2D eigenvalue weighted by Crippen LogP contribution is -2.33. The van der Waals surface area contributed by atoms with Crippen LogP contribution in [0, 0.1) is 0 Å². The van der Waals surface area contributed by atoms with Crippen molar-refractivity contribution in [3.8, 4) is 5.75 Å². The van der Waals surface area contributed by atoms with E-state index in [-0.39, 0.29) is 18.3 Å². The number of nitrogens with one attached hydrogen (secondary N) is 1. The Hall–Kier alpha value is -2.86. The highest BCUT2D eigenvalue weighted by Gasteiger charge is 2.25.